The Labute approximate surface area is 171 Å². The van der Waals surface area contributed by atoms with Gasteiger partial charge in [-0.2, -0.15) is 0 Å². The highest BCUT2D eigenvalue weighted by atomic mass is 31.2. The Morgan fingerprint density at radius 1 is 1.13 bits per heavy atom. The first-order valence-electron chi connectivity index (χ1n) is 9.08. The predicted molar refractivity (Wildman–Crippen MR) is 109 cm³/mol. The van der Waals surface area contributed by atoms with Crippen molar-refractivity contribution in [2.75, 3.05) is 13.7 Å². The molecule has 0 radical (unpaired) electrons. The van der Waals surface area contributed by atoms with Gasteiger partial charge in [-0.25, -0.2) is 8.96 Å². The van der Waals surface area contributed by atoms with Gasteiger partial charge in [0.1, 0.15) is 24.0 Å². The maximum absolute atomic E-state index is 14.7. The molecule has 0 aliphatic heterocycles. The minimum absolute atomic E-state index is 0.0548. The standard InChI is InChI=1S/C20H21FNO7P/c1-3-10-28-17-9-8-16(21)18-19(17)22(12-29-30(24,25)26)11-15(20(18)23)13-4-6-14(27-2)7-5-13/h4-9,11H,3,10,12H2,1-2H3,(H2,24,25,26). The number of phosphoric acid groups is 1. The Morgan fingerprint density at radius 3 is 2.43 bits per heavy atom. The van der Waals surface area contributed by atoms with Gasteiger partial charge in [-0.3, -0.25) is 9.32 Å². The number of fused-ring (bicyclic) bond motifs is 1. The third kappa shape index (κ3) is 4.71. The lowest BCUT2D eigenvalue weighted by molar-refractivity contribution is 0.155. The second-order valence-electron chi connectivity index (χ2n) is 6.44. The van der Waals surface area contributed by atoms with Crippen molar-refractivity contribution in [3.63, 3.8) is 0 Å². The normalized spacial score (nSPS) is 11.6. The first-order valence-corrected chi connectivity index (χ1v) is 10.6. The van der Waals surface area contributed by atoms with Crippen LogP contribution in [0.1, 0.15) is 13.3 Å². The summed E-state index contributed by atoms with van der Waals surface area (Å²) in [6, 6.07) is 9.05. The van der Waals surface area contributed by atoms with Gasteiger partial charge in [0.15, 0.2) is 5.43 Å². The van der Waals surface area contributed by atoms with Gasteiger partial charge >= 0.3 is 7.82 Å². The van der Waals surface area contributed by atoms with Gasteiger partial charge in [-0.1, -0.05) is 19.1 Å². The summed E-state index contributed by atoms with van der Waals surface area (Å²) >= 11 is 0. The number of aromatic nitrogens is 1. The lowest BCUT2D eigenvalue weighted by Gasteiger charge is -2.18. The molecule has 1 aromatic heterocycles. The number of rotatable bonds is 8. The number of pyridine rings is 1. The number of hydrogen-bond acceptors (Lipinski definition) is 5. The first-order chi connectivity index (χ1) is 14.2. The summed E-state index contributed by atoms with van der Waals surface area (Å²) in [4.78, 5) is 31.4. The molecule has 8 nitrogen and oxygen atoms in total. The van der Waals surface area contributed by atoms with Gasteiger partial charge < -0.3 is 23.8 Å². The van der Waals surface area contributed by atoms with Gasteiger partial charge in [0, 0.05) is 11.8 Å². The molecule has 10 heteroatoms. The smallest absolute Gasteiger partial charge is 0.471 e. The summed E-state index contributed by atoms with van der Waals surface area (Å²) in [5.41, 5.74) is 0.0825. The molecule has 0 spiro atoms. The molecular weight excluding hydrogens is 416 g/mol. The highest BCUT2D eigenvalue weighted by Gasteiger charge is 2.21. The Hall–Kier alpha value is -2.71. The van der Waals surface area contributed by atoms with E-state index in [0.717, 1.165) is 6.07 Å². The van der Waals surface area contributed by atoms with Crippen LogP contribution in [-0.4, -0.2) is 28.1 Å². The number of phosphoric ester groups is 1. The third-order valence-electron chi connectivity index (χ3n) is 4.36. The second kappa shape index (κ2) is 8.97. The number of methoxy groups -OCH3 is 1. The molecule has 0 amide bonds. The van der Waals surface area contributed by atoms with Crippen LogP contribution in [0.2, 0.25) is 0 Å². The van der Waals surface area contributed by atoms with Crippen molar-refractivity contribution in [3.05, 3.63) is 58.6 Å². The van der Waals surface area contributed by atoms with E-state index in [1.807, 2.05) is 6.92 Å². The largest absolute Gasteiger partial charge is 0.497 e. The van der Waals surface area contributed by atoms with Crippen molar-refractivity contribution in [3.8, 4) is 22.6 Å². The summed E-state index contributed by atoms with van der Waals surface area (Å²) in [5, 5.41) is -0.258. The van der Waals surface area contributed by atoms with Crippen molar-refractivity contribution in [2.45, 2.75) is 20.1 Å². The SMILES string of the molecule is CCCOc1ccc(F)c2c(=O)c(-c3ccc(OC)cc3)cn(COP(=O)(O)O)c12. The minimum atomic E-state index is -4.82. The van der Waals surface area contributed by atoms with E-state index in [1.54, 1.807) is 24.3 Å². The fourth-order valence-corrected chi connectivity index (χ4v) is 3.28. The highest BCUT2D eigenvalue weighted by Crippen LogP contribution is 2.37. The van der Waals surface area contributed by atoms with Gasteiger partial charge in [0.25, 0.3) is 0 Å². The quantitative estimate of drug-likeness (QED) is 0.518. The number of hydrogen-bond donors (Lipinski definition) is 2. The fourth-order valence-electron chi connectivity index (χ4n) is 3.01. The molecule has 0 atom stereocenters. The Kier molecular flexibility index (Phi) is 6.58. The van der Waals surface area contributed by atoms with Crippen molar-refractivity contribution in [2.24, 2.45) is 0 Å². The van der Waals surface area contributed by atoms with E-state index < -0.39 is 25.8 Å². The van der Waals surface area contributed by atoms with E-state index in [2.05, 4.69) is 4.52 Å². The monoisotopic (exact) mass is 437 g/mol. The van der Waals surface area contributed by atoms with Crippen LogP contribution < -0.4 is 14.9 Å². The summed E-state index contributed by atoms with van der Waals surface area (Å²) in [5.74, 6) is 0.00575. The van der Waals surface area contributed by atoms with Crippen LogP contribution in [-0.2, 0) is 15.8 Å². The molecule has 0 aliphatic rings. The van der Waals surface area contributed by atoms with Crippen LogP contribution >= 0.6 is 7.82 Å². The van der Waals surface area contributed by atoms with Crippen LogP contribution in [0.3, 0.4) is 0 Å². The molecule has 0 saturated carbocycles. The van der Waals surface area contributed by atoms with Gasteiger partial charge in [0.2, 0.25) is 0 Å². The molecule has 0 fully saturated rings. The van der Waals surface area contributed by atoms with Crippen LogP contribution in [0.15, 0.2) is 47.4 Å². The molecule has 2 N–H and O–H groups in total. The van der Waals surface area contributed by atoms with Crippen molar-refractivity contribution < 1.29 is 32.7 Å². The zero-order valence-electron chi connectivity index (χ0n) is 16.4. The van der Waals surface area contributed by atoms with Crippen molar-refractivity contribution in [1.29, 1.82) is 0 Å². The van der Waals surface area contributed by atoms with E-state index in [9.17, 15) is 13.8 Å². The maximum atomic E-state index is 14.7. The molecule has 0 aliphatic carbocycles. The van der Waals surface area contributed by atoms with E-state index >= 15 is 0 Å². The molecule has 0 unspecified atom stereocenters. The summed E-state index contributed by atoms with van der Waals surface area (Å²) in [7, 11) is -3.31. The number of halogens is 1. The number of benzene rings is 2. The van der Waals surface area contributed by atoms with Crippen LogP contribution in [0, 0.1) is 5.82 Å². The molecule has 0 bridgehead atoms. The van der Waals surface area contributed by atoms with E-state index in [0.29, 0.717) is 24.3 Å². The van der Waals surface area contributed by atoms with E-state index in [1.165, 1.54) is 23.9 Å². The zero-order valence-corrected chi connectivity index (χ0v) is 17.3. The average molecular weight is 437 g/mol. The Morgan fingerprint density at radius 2 is 1.83 bits per heavy atom. The summed E-state index contributed by atoms with van der Waals surface area (Å²) in [6.45, 7) is 1.59. The summed E-state index contributed by atoms with van der Waals surface area (Å²) < 4.78 is 42.6. The molecule has 3 rings (SSSR count). The molecule has 30 heavy (non-hydrogen) atoms. The van der Waals surface area contributed by atoms with Crippen LogP contribution in [0.5, 0.6) is 11.5 Å². The summed E-state index contributed by atoms with van der Waals surface area (Å²) in [6.07, 6.45) is 2.03. The molecule has 2 aromatic carbocycles. The lowest BCUT2D eigenvalue weighted by atomic mass is 10.0. The van der Waals surface area contributed by atoms with Gasteiger partial charge in [-0.15, -0.1) is 0 Å². The second-order valence-corrected chi connectivity index (χ2v) is 7.68. The number of ether oxygens (including phenoxy) is 2. The predicted octanol–water partition coefficient (Wildman–Crippen LogP) is 3.67. The first kappa shape index (κ1) is 22.0. The topological polar surface area (TPSA) is 107 Å². The molecule has 0 saturated heterocycles. The maximum Gasteiger partial charge on any atom is 0.471 e. The molecule has 3 aromatic rings. The van der Waals surface area contributed by atoms with Crippen molar-refractivity contribution >= 4 is 18.7 Å². The fraction of sp³-hybridized carbons (Fsp3) is 0.250. The minimum Gasteiger partial charge on any atom is -0.497 e. The van der Waals surface area contributed by atoms with Gasteiger partial charge in [0.05, 0.1) is 24.6 Å². The third-order valence-corrected chi connectivity index (χ3v) is 4.81. The highest BCUT2D eigenvalue weighted by molar-refractivity contribution is 7.46. The molecule has 160 valence electrons. The van der Waals surface area contributed by atoms with E-state index in [4.69, 9.17) is 19.3 Å². The molecule has 1 heterocycles. The van der Waals surface area contributed by atoms with Crippen LogP contribution in [0.4, 0.5) is 4.39 Å². The van der Waals surface area contributed by atoms with Crippen LogP contribution in [0.25, 0.3) is 22.0 Å². The van der Waals surface area contributed by atoms with Crippen molar-refractivity contribution in [1.82, 2.24) is 4.57 Å². The average Bonchev–Trinajstić information content (AvgIpc) is 2.72. The van der Waals surface area contributed by atoms with Gasteiger partial charge in [-0.05, 0) is 36.2 Å². The zero-order chi connectivity index (χ0) is 21.9. The lowest BCUT2D eigenvalue weighted by Crippen LogP contribution is -2.16. The number of nitrogens with zero attached hydrogens (tertiary/aromatic N) is 1. The Bertz CT molecular complexity index is 1150. The Balaban J connectivity index is 2.28. The molecular formula is C20H21FNO7P. The van der Waals surface area contributed by atoms with E-state index in [-0.39, 0.29) is 22.2 Å².